The van der Waals surface area contributed by atoms with E-state index in [-0.39, 0.29) is 0 Å². The molecule has 4 aromatic rings. The molecule has 0 saturated carbocycles. The summed E-state index contributed by atoms with van der Waals surface area (Å²) in [7, 11) is 0. The van der Waals surface area contributed by atoms with Gasteiger partial charge in [0.05, 0.1) is 17.0 Å². The lowest BCUT2D eigenvalue weighted by Crippen LogP contribution is -1.95. The number of halogens is 1. The monoisotopic (exact) mass is 406 g/mol. The Morgan fingerprint density at radius 3 is 2.72 bits per heavy atom. The van der Waals surface area contributed by atoms with E-state index in [4.69, 9.17) is 5.26 Å². The fraction of sp³-hybridized carbons (Fsp3) is 0. The molecule has 2 heterocycles. The first-order valence-electron chi connectivity index (χ1n) is 7.50. The molecule has 0 spiro atoms. The second-order valence-electron chi connectivity index (χ2n) is 5.38. The van der Waals surface area contributed by atoms with Crippen molar-refractivity contribution in [2.45, 2.75) is 0 Å². The predicted molar refractivity (Wildman–Crippen MR) is 105 cm³/mol. The summed E-state index contributed by atoms with van der Waals surface area (Å²) in [4.78, 5) is 9.74. The number of aromatic nitrogens is 2. The molecule has 1 N–H and O–H groups in total. The SMILES string of the molecule is N#Cc1cccc(Nc2ncnc3scc(-c4ccc(Br)cc4)c23)c1. The van der Waals surface area contributed by atoms with Crippen LogP contribution in [0.2, 0.25) is 0 Å². The van der Waals surface area contributed by atoms with E-state index in [9.17, 15) is 0 Å². The van der Waals surface area contributed by atoms with Crippen LogP contribution in [-0.4, -0.2) is 9.97 Å². The number of anilines is 2. The lowest BCUT2D eigenvalue weighted by Gasteiger charge is -2.09. The highest BCUT2D eigenvalue weighted by Crippen LogP contribution is 2.37. The molecular formula is C19H11BrN4S. The number of nitrogens with zero attached hydrogens (tertiary/aromatic N) is 3. The number of rotatable bonds is 3. The number of nitrogens with one attached hydrogen (secondary N) is 1. The molecule has 0 aliphatic heterocycles. The minimum atomic E-state index is 0.605. The van der Waals surface area contributed by atoms with Gasteiger partial charge in [-0.25, -0.2) is 9.97 Å². The normalized spacial score (nSPS) is 10.6. The third-order valence-corrected chi connectivity index (χ3v) is 5.19. The highest BCUT2D eigenvalue weighted by molar-refractivity contribution is 9.10. The number of hydrogen-bond acceptors (Lipinski definition) is 5. The van der Waals surface area contributed by atoms with Crippen LogP contribution in [0.3, 0.4) is 0 Å². The van der Waals surface area contributed by atoms with E-state index in [1.165, 1.54) is 0 Å². The lowest BCUT2D eigenvalue weighted by atomic mass is 10.1. The van der Waals surface area contributed by atoms with Crippen molar-refractivity contribution in [1.29, 1.82) is 5.26 Å². The van der Waals surface area contributed by atoms with Crippen LogP contribution in [0.15, 0.2) is 64.7 Å². The number of thiophene rings is 1. The third-order valence-electron chi connectivity index (χ3n) is 3.78. The van der Waals surface area contributed by atoms with E-state index in [1.807, 2.05) is 24.3 Å². The van der Waals surface area contributed by atoms with Gasteiger partial charge >= 0.3 is 0 Å². The van der Waals surface area contributed by atoms with Crippen molar-refractivity contribution in [2.24, 2.45) is 0 Å². The summed E-state index contributed by atoms with van der Waals surface area (Å²) >= 11 is 5.06. The topological polar surface area (TPSA) is 61.6 Å². The Bertz CT molecular complexity index is 1100. The van der Waals surface area contributed by atoms with E-state index in [2.05, 4.69) is 54.8 Å². The Hall–Kier alpha value is -2.75. The highest BCUT2D eigenvalue weighted by Gasteiger charge is 2.13. The van der Waals surface area contributed by atoms with Crippen molar-refractivity contribution in [2.75, 3.05) is 5.32 Å². The number of hydrogen-bond donors (Lipinski definition) is 1. The molecule has 25 heavy (non-hydrogen) atoms. The highest BCUT2D eigenvalue weighted by atomic mass is 79.9. The first-order valence-corrected chi connectivity index (χ1v) is 9.17. The minimum absolute atomic E-state index is 0.605. The van der Waals surface area contributed by atoms with Gasteiger partial charge in [-0.15, -0.1) is 11.3 Å². The molecule has 0 aliphatic rings. The van der Waals surface area contributed by atoms with Gasteiger partial charge in [-0.3, -0.25) is 0 Å². The fourth-order valence-corrected chi connectivity index (χ4v) is 3.80. The first kappa shape index (κ1) is 15.8. The maximum atomic E-state index is 9.08. The van der Waals surface area contributed by atoms with Gasteiger partial charge in [-0.1, -0.05) is 34.1 Å². The molecule has 4 rings (SSSR count). The minimum Gasteiger partial charge on any atom is -0.340 e. The van der Waals surface area contributed by atoms with Crippen LogP contribution in [0, 0.1) is 11.3 Å². The van der Waals surface area contributed by atoms with Crippen molar-refractivity contribution < 1.29 is 0 Å². The van der Waals surface area contributed by atoms with Gasteiger partial charge in [0.15, 0.2) is 0 Å². The molecular weight excluding hydrogens is 396 g/mol. The summed E-state index contributed by atoms with van der Waals surface area (Å²) in [6.45, 7) is 0. The van der Waals surface area contributed by atoms with Crippen LogP contribution < -0.4 is 5.32 Å². The van der Waals surface area contributed by atoms with Gasteiger partial charge in [0.2, 0.25) is 0 Å². The molecule has 0 atom stereocenters. The zero-order chi connectivity index (χ0) is 17.2. The van der Waals surface area contributed by atoms with Crippen LogP contribution in [0.25, 0.3) is 21.3 Å². The molecule has 0 aliphatic carbocycles. The average Bonchev–Trinajstić information content (AvgIpc) is 3.08. The zero-order valence-electron chi connectivity index (χ0n) is 12.9. The smallest absolute Gasteiger partial charge is 0.143 e. The molecule has 4 nitrogen and oxygen atoms in total. The fourth-order valence-electron chi connectivity index (χ4n) is 2.62. The van der Waals surface area contributed by atoms with Crippen LogP contribution in [0.1, 0.15) is 5.56 Å². The van der Waals surface area contributed by atoms with Crippen molar-refractivity contribution in [3.8, 4) is 17.2 Å². The standard InChI is InChI=1S/C19H11BrN4S/c20-14-6-4-13(5-7-14)16-10-25-19-17(16)18(22-11-23-19)24-15-3-1-2-12(8-15)9-21/h1-8,10-11H,(H,22,23,24). The van der Waals surface area contributed by atoms with Crippen molar-refractivity contribution in [3.63, 3.8) is 0 Å². The Labute approximate surface area is 156 Å². The molecule has 6 heteroatoms. The molecule has 0 amide bonds. The van der Waals surface area contributed by atoms with Crippen LogP contribution in [0.4, 0.5) is 11.5 Å². The van der Waals surface area contributed by atoms with E-state index >= 15 is 0 Å². The number of fused-ring (bicyclic) bond motifs is 1. The van der Waals surface area contributed by atoms with Gasteiger partial charge in [0, 0.05) is 21.1 Å². The van der Waals surface area contributed by atoms with Crippen molar-refractivity contribution >= 4 is 49.0 Å². The molecule has 2 aromatic carbocycles. The van der Waals surface area contributed by atoms with E-state index < -0.39 is 0 Å². The molecule has 2 aromatic heterocycles. The Kier molecular flexibility index (Phi) is 4.18. The number of nitriles is 1. The van der Waals surface area contributed by atoms with Gasteiger partial charge in [-0.05, 0) is 35.9 Å². The van der Waals surface area contributed by atoms with E-state index in [0.29, 0.717) is 5.56 Å². The summed E-state index contributed by atoms with van der Waals surface area (Å²) in [5, 5.41) is 15.5. The Morgan fingerprint density at radius 2 is 1.92 bits per heavy atom. The van der Waals surface area contributed by atoms with Crippen LogP contribution in [0.5, 0.6) is 0 Å². The molecule has 120 valence electrons. The summed E-state index contributed by atoms with van der Waals surface area (Å²) in [6, 6.07) is 17.7. The summed E-state index contributed by atoms with van der Waals surface area (Å²) in [5.41, 5.74) is 3.63. The second kappa shape index (κ2) is 6.63. The molecule has 0 bridgehead atoms. The maximum absolute atomic E-state index is 9.08. The van der Waals surface area contributed by atoms with Gasteiger partial charge in [0.1, 0.15) is 17.0 Å². The molecule has 0 fully saturated rings. The van der Waals surface area contributed by atoms with Crippen LogP contribution in [-0.2, 0) is 0 Å². The largest absolute Gasteiger partial charge is 0.340 e. The van der Waals surface area contributed by atoms with E-state index in [0.717, 1.165) is 37.3 Å². The molecule has 0 radical (unpaired) electrons. The zero-order valence-corrected chi connectivity index (χ0v) is 15.3. The lowest BCUT2D eigenvalue weighted by molar-refractivity contribution is 1.23. The van der Waals surface area contributed by atoms with Gasteiger partial charge < -0.3 is 5.32 Å². The predicted octanol–water partition coefficient (Wildman–Crippen LogP) is 5.74. The van der Waals surface area contributed by atoms with Crippen LogP contribution >= 0.6 is 27.3 Å². The maximum Gasteiger partial charge on any atom is 0.143 e. The van der Waals surface area contributed by atoms with Gasteiger partial charge in [-0.2, -0.15) is 5.26 Å². The second-order valence-corrected chi connectivity index (χ2v) is 7.15. The summed E-state index contributed by atoms with van der Waals surface area (Å²) in [5.74, 6) is 0.735. The average molecular weight is 407 g/mol. The molecule has 0 saturated heterocycles. The van der Waals surface area contributed by atoms with Crippen molar-refractivity contribution in [1.82, 2.24) is 9.97 Å². The molecule has 0 unspecified atom stereocenters. The summed E-state index contributed by atoms with van der Waals surface area (Å²) in [6.07, 6.45) is 1.56. The number of benzene rings is 2. The quantitative estimate of drug-likeness (QED) is 0.471. The van der Waals surface area contributed by atoms with Crippen molar-refractivity contribution in [3.05, 3.63) is 70.3 Å². The first-order chi connectivity index (χ1) is 12.2. The summed E-state index contributed by atoms with van der Waals surface area (Å²) < 4.78 is 1.04. The van der Waals surface area contributed by atoms with Gasteiger partial charge in [0.25, 0.3) is 0 Å². The third kappa shape index (κ3) is 3.12. The van der Waals surface area contributed by atoms with E-state index in [1.54, 1.807) is 29.8 Å². The Morgan fingerprint density at radius 1 is 1.08 bits per heavy atom. The Balaban J connectivity index is 1.83.